The molecule has 4 N–H and O–H groups in total. The molecule has 0 saturated heterocycles. The van der Waals surface area contributed by atoms with Crippen LogP contribution in [-0.4, -0.2) is 22.7 Å². The van der Waals surface area contributed by atoms with E-state index in [1.807, 2.05) is 0 Å². The molecule has 0 fully saturated rings. The van der Waals surface area contributed by atoms with Crippen molar-refractivity contribution in [3.05, 3.63) is 29.3 Å². The number of ether oxygens (including phenoxy) is 1. The second-order valence-electron chi connectivity index (χ2n) is 5.06. The van der Waals surface area contributed by atoms with E-state index in [0.717, 1.165) is 0 Å². The van der Waals surface area contributed by atoms with Crippen molar-refractivity contribution in [3.8, 4) is 5.75 Å². The molecule has 1 aromatic carbocycles. The zero-order valence-electron chi connectivity index (χ0n) is 11.2. The molecule has 6 nitrogen and oxygen atoms in total. The van der Waals surface area contributed by atoms with Crippen molar-refractivity contribution >= 4 is 12.0 Å². The quantitative estimate of drug-likeness (QED) is 0.771. The van der Waals surface area contributed by atoms with Gasteiger partial charge < -0.3 is 20.9 Å². The highest BCUT2D eigenvalue weighted by Crippen LogP contribution is 2.16. The monoisotopic (exact) mass is 266 g/mol. The number of primary amides is 1. The van der Waals surface area contributed by atoms with Gasteiger partial charge in [0.15, 0.2) is 0 Å². The summed E-state index contributed by atoms with van der Waals surface area (Å²) in [6.45, 7) is 5.35. The minimum Gasteiger partial charge on any atom is -0.508 e. The van der Waals surface area contributed by atoms with Crippen molar-refractivity contribution in [1.29, 1.82) is 0 Å². The zero-order chi connectivity index (χ0) is 14.6. The Morgan fingerprint density at radius 2 is 2.00 bits per heavy atom. The molecule has 2 amide bonds. The standard InChI is InChI=1S/C13H18N2O4/c1-13(2,3)19-12(18)15-7-8-4-5-9(16)6-10(8)11(14)17/h4-6,16H,7H2,1-3H3,(H2,14,17)(H,15,18). The molecule has 0 atom stereocenters. The van der Waals surface area contributed by atoms with Crippen LogP contribution in [0.1, 0.15) is 36.7 Å². The van der Waals surface area contributed by atoms with Gasteiger partial charge in [-0.2, -0.15) is 0 Å². The van der Waals surface area contributed by atoms with Crippen LogP contribution in [0.25, 0.3) is 0 Å². The fourth-order valence-corrected chi connectivity index (χ4v) is 1.43. The first-order valence-electron chi connectivity index (χ1n) is 5.77. The molecular formula is C13H18N2O4. The van der Waals surface area contributed by atoms with Gasteiger partial charge in [-0.3, -0.25) is 4.79 Å². The van der Waals surface area contributed by atoms with Gasteiger partial charge in [-0.15, -0.1) is 0 Å². The molecule has 1 rings (SSSR count). The van der Waals surface area contributed by atoms with Gasteiger partial charge in [0.05, 0.1) is 0 Å². The lowest BCUT2D eigenvalue weighted by Gasteiger charge is -2.20. The van der Waals surface area contributed by atoms with Gasteiger partial charge in [-0.25, -0.2) is 4.79 Å². The summed E-state index contributed by atoms with van der Waals surface area (Å²) in [6, 6.07) is 4.19. The number of phenolic OH excluding ortho intramolecular Hbond substituents is 1. The van der Waals surface area contributed by atoms with Crippen molar-refractivity contribution in [3.63, 3.8) is 0 Å². The van der Waals surface area contributed by atoms with Gasteiger partial charge in [-0.05, 0) is 38.5 Å². The van der Waals surface area contributed by atoms with E-state index in [1.165, 1.54) is 18.2 Å². The molecule has 0 spiro atoms. The second kappa shape index (κ2) is 5.60. The number of aromatic hydroxyl groups is 1. The van der Waals surface area contributed by atoms with Crippen LogP contribution in [0.3, 0.4) is 0 Å². The third-order valence-electron chi connectivity index (χ3n) is 2.18. The van der Waals surface area contributed by atoms with Crippen LogP contribution in [-0.2, 0) is 11.3 Å². The van der Waals surface area contributed by atoms with Crippen LogP contribution in [0, 0.1) is 0 Å². The van der Waals surface area contributed by atoms with E-state index < -0.39 is 17.6 Å². The Hall–Kier alpha value is -2.24. The van der Waals surface area contributed by atoms with Crippen molar-refractivity contribution < 1.29 is 19.4 Å². The Balaban J connectivity index is 2.73. The van der Waals surface area contributed by atoms with Crippen molar-refractivity contribution in [1.82, 2.24) is 5.32 Å². The lowest BCUT2D eigenvalue weighted by Crippen LogP contribution is -2.32. The average Bonchev–Trinajstić information content (AvgIpc) is 2.24. The van der Waals surface area contributed by atoms with Crippen LogP contribution >= 0.6 is 0 Å². The smallest absolute Gasteiger partial charge is 0.407 e. The second-order valence-corrected chi connectivity index (χ2v) is 5.06. The number of amides is 2. The Kier molecular flexibility index (Phi) is 4.37. The summed E-state index contributed by atoms with van der Waals surface area (Å²) < 4.78 is 5.07. The van der Waals surface area contributed by atoms with Crippen LogP contribution in [0.5, 0.6) is 5.75 Å². The predicted octanol–water partition coefficient (Wildman–Crippen LogP) is 1.52. The minimum absolute atomic E-state index is 0.0604. The summed E-state index contributed by atoms with van der Waals surface area (Å²) in [5.74, 6) is -0.730. The molecule has 0 aromatic heterocycles. The molecule has 104 valence electrons. The number of rotatable bonds is 3. The molecule has 0 heterocycles. The van der Waals surface area contributed by atoms with E-state index in [0.29, 0.717) is 5.56 Å². The van der Waals surface area contributed by atoms with Gasteiger partial charge >= 0.3 is 6.09 Å². The molecular weight excluding hydrogens is 248 g/mol. The van der Waals surface area contributed by atoms with E-state index >= 15 is 0 Å². The van der Waals surface area contributed by atoms with E-state index in [4.69, 9.17) is 10.5 Å². The first kappa shape index (κ1) is 14.8. The number of hydrogen-bond acceptors (Lipinski definition) is 4. The third-order valence-corrected chi connectivity index (χ3v) is 2.18. The van der Waals surface area contributed by atoms with E-state index in [2.05, 4.69) is 5.32 Å². The van der Waals surface area contributed by atoms with Gasteiger partial charge in [0.25, 0.3) is 0 Å². The average molecular weight is 266 g/mol. The maximum absolute atomic E-state index is 11.5. The Morgan fingerprint density at radius 1 is 1.37 bits per heavy atom. The van der Waals surface area contributed by atoms with Crippen LogP contribution in [0.4, 0.5) is 4.79 Å². The molecule has 19 heavy (non-hydrogen) atoms. The molecule has 0 unspecified atom stereocenters. The van der Waals surface area contributed by atoms with Crippen LogP contribution in [0.2, 0.25) is 0 Å². The summed E-state index contributed by atoms with van der Waals surface area (Å²) in [4.78, 5) is 22.7. The van der Waals surface area contributed by atoms with Crippen molar-refractivity contribution in [2.24, 2.45) is 5.73 Å². The van der Waals surface area contributed by atoms with Gasteiger partial charge in [0.2, 0.25) is 5.91 Å². The van der Waals surface area contributed by atoms with E-state index in [9.17, 15) is 14.7 Å². The maximum Gasteiger partial charge on any atom is 0.407 e. The predicted molar refractivity (Wildman–Crippen MR) is 69.7 cm³/mol. The number of hydrogen-bond donors (Lipinski definition) is 3. The van der Waals surface area contributed by atoms with Crippen LogP contribution < -0.4 is 11.1 Å². The fourth-order valence-electron chi connectivity index (χ4n) is 1.43. The Morgan fingerprint density at radius 3 is 2.53 bits per heavy atom. The molecule has 0 radical (unpaired) electrons. The molecule has 0 aliphatic carbocycles. The van der Waals surface area contributed by atoms with Gasteiger partial charge in [0, 0.05) is 12.1 Å². The largest absolute Gasteiger partial charge is 0.508 e. The van der Waals surface area contributed by atoms with Gasteiger partial charge in [0.1, 0.15) is 11.4 Å². The number of nitrogens with one attached hydrogen (secondary N) is 1. The highest BCUT2D eigenvalue weighted by Gasteiger charge is 2.16. The summed E-state index contributed by atoms with van der Waals surface area (Å²) in [6.07, 6.45) is -0.587. The fraction of sp³-hybridized carbons (Fsp3) is 0.385. The highest BCUT2D eigenvalue weighted by molar-refractivity contribution is 5.94. The SMILES string of the molecule is CC(C)(C)OC(=O)NCc1ccc(O)cc1C(N)=O. The first-order valence-corrected chi connectivity index (χ1v) is 5.77. The number of carbonyl (C=O) groups is 2. The summed E-state index contributed by atoms with van der Waals surface area (Å²) in [7, 11) is 0. The first-order chi connectivity index (χ1) is 8.69. The number of nitrogens with two attached hydrogens (primary N) is 1. The lowest BCUT2D eigenvalue weighted by atomic mass is 10.1. The summed E-state index contributed by atoms with van der Waals surface area (Å²) >= 11 is 0. The minimum atomic E-state index is -0.670. The van der Waals surface area contributed by atoms with E-state index in [-0.39, 0.29) is 17.9 Å². The van der Waals surface area contributed by atoms with Crippen molar-refractivity contribution in [2.75, 3.05) is 0 Å². The lowest BCUT2D eigenvalue weighted by molar-refractivity contribution is 0.0523. The van der Waals surface area contributed by atoms with Crippen molar-refractivity contribution in [2.45, 2.75) is 32.9 Å². The molecule has 6 heteroatoms. The molecule has 0 saturated carbocycles. The molecule has 0 aliphatic rings. The molecule has 0 aliphatic heterocycles. The third kappa shape index (κ3) is 4.87. The Bertz CT molecular complexity index is 492. The maximum atomic E-state index is 11.5. The number of benzene rings is 1. The summed E-state index contributed by atoms with van der Waals surface area (Å²) in [5.41, 5.74) is 5.28. The molecule has 0 bridgehead atoms. The number of phenols is 1. The normalized spacial score (nSPS) is 10.9. The highest BCUT2D eigenvalue weighted by atomic mass is 16.6. The number of carbonyl (C=O) groups excluding carboxylic acids is 2. The zero-order valence-corrected chi connectivity index (χ0v) is 11.2. The summed E-state index contributed by atoms with van der Waals surface area (Å²) in [5, 5.41) is 11.8. The topological polar surface area (TPSA) is 102 Å². The van der Waals surface area contributed by atoms with E-state index in [1.54, 1.807) is 20.8 Å². The Labute approximate surface area is 111 Å². The van der Waals surface area contributed by atoms with Gasteiger partial charge in [-0.1, -0.05) is 6.07 Å². The number of alkyl carbamates (subject to hydrolysis) is 1. The molecule has 1 aromatic rings. The van der Waals surface area contributed by atoms with Crippen LogP contribution in [0.15, 0.2) is 18.2 Å².